The number of carboxylic acids is 1. The Kier molecular flexibility index (Phi) is 6.35. The molecule has 0 aliphatic rings. The Morgan fingerprint density at radius 1 is 1.21 bits per heavy atom. The zero-order chi connectivity index (χ0) is 27.0. The first-order valence-corrected chi connectivity index (χ1v) is 11.5. The summed E-state index contributed by atoms with van der Waals surface area (Å²) in [6.45, 7) is 1.22. The van der Waals surface area contributed by atoms with E-state index < -0.39 is 28.2 Å². The zero-order valence-electron chi connectivity index (χ0n) is 19.6. The molecule has 12 heteroatoms. The number of aliphatic carboxylic acids is 1. The second kappa shape index (κ2) is 9.79. The zero-order valence-corrected chi connectivity index (χ0v) is 20.3. The maximum Gasteiger partial charge on any atom is 0.344 e. The highest BCUT2D eigenvalue weighted by Gasteiger charge is 2.25. The summed E-state index contributed by atoms with van der Waals surface area (Å²) in [6, 6.07) is 18.0. The number of nitro benzene ring substituents is 1. The number of para-hydroxylation sites is 2. The summed E-state index contributed by atoms with van der Waals surface area (Å²) in [6.07, 6.45) is -0.300. The summed E-state index contributed by atoms with van der Waals surface area (Å²) in [5, 5.41) is 26.3. The molecule has 0 bridgehead atoms. The molecule has 0 saturated carbocycles. The van der Waals surface area contributed by atoms with Gasteiger partial charge in [-0.05, 0) is 37.3 Å². The first kappa shape index (κ1) is 24.7. The van der Waals surface area contributed by atoms with Crippen molar-refractivity contribution in [1.82, 2.24) is 9.66 Å². The molecule has 0 amide bonds. The molecule has 0 radical (unpaired) electrons. The number of nitrogens with zero attached hydrogens (tertiary/aromatic N) is 4. The van der Waals surface area contributed by atoms with Gasteiger partial charge in [-0.3, -0.25) is 14.9 Å². The van der Waals surface area contributed by atoms with Crippen molar-refractivity contribution in [2.75, 3.05) is 0 Å². The van der Waals surface area contributed by atoms with Crippen LogP contribution in [0.15, 0.2) is 81.0 Å². The molecule has 5 aromatic rings. The monoisotopic (exact) mass is 532 g/mol. The van der Waals surface area contributed by atoms with Gasteiger partial charge in [-0.2, -0.15) is 9.78 Å². The van der Waals surface area contributed by atoms with Gasteiger partial charge in [0.1, 0.15) is 5.58 Å². The number of aromatic nitrogens is 2. The molecule has 1 atom stereocenters. The number of benzene rings is 3. The van der Waals surface area contributed by atoms with E-state index in [2.05, 4.69) is 10.1 Å². The van der Waals surface area contributed by atoms with Gasteiger partial charge in [0.2, 0.25) is 11.6 Å². The van der Waals surface area contributed by atoms with Crippen molar-refractivity contribution >= 4 is 51.3 Å². The second-order valence-electron chi connectivity index (χ2n) is 8.16. The third kappa shape index (κ3) is 4.58. The highest BCUT2D eigenvalue weighted by Crippen LogP contribution is 2.35. The van der Waals surface area contributed by atoms with Crippen molar-refractivity contribution < 1.29 is 24.0 Å². The van der Waals surface area contributed by atoms with E-state index in [0.717, 1.165) is 22.3 Å². The molecule has 3 aromatic carbocycles. The number of hydrogen-bond acceptors (Lipinski definition) is 8. The van der Waals surface area contributed by atoms with Crippen LogP contribution < -0.4 is 10.3 Å². The minimum absolute atomic E-state index is 0.0185. The molecule has 0 aliphatic heterocycles. The first-order valence-electron chi connectivity index (χ1n) is 11.2. The van der Waals surface area contributed by atoms with Gasteiger partial charge in [0, 0.05) is 22.0 Å². The van der Waals surface area contributed by atoms with Crippen molar-refractivity contribution in [3.63, 3.8) is 0 Å². The van der Waals surface area contributed by atoms with Gasteiger partial charge in [0.05, 0.1) is 22.0 Å². The van der Waals surface area contributed by atoms with Crippen LogP contribution in [0.1, 0.15) is 12.5 Å². The topological polar surface area (TPSA) is 150 Å². The lowest BCUT2D eigenvalue weighted by Crippen LogP contribution is -2.24. The molecular formula is C26H17ClN4O7. The fourth-order valence-electron chi connectivity index (χ4n) is 3.79. The van der Waals surface area contributed by atoms with Crippen LogP contribution >= 0.6 is 11.6 Å². The van der Waals surface area contributed by atoms with E-state index in [1.54, 1.807) is 42.5 Å². The van der Waals surface area contributed by atoms with E-state index in [1.807, 2.05) is 12.1 Å². The normalized spacial score (nSPS) is 12.3. The predicted molar refractivity (Wildman–Crippen MR) is 140 cm³/mol. The van der Waals surface area contributed by atoms with Crippen molar-refractivity contribution in [3.8, 4) is 17.3 Å². The maximum atomic E-state index is 13.5. The number of halogens is 1. The van der Waals surface area contributed by atoms with Crippen molar-refractivity contribution in [2.24, 2.45) is 5.10 Å². The van der Waals surface area contributed by atoms with E-state index in [9.17, 15) is 24.8 Å². The van der Waals surface area contributed by atoms with Gasteiger partial charge in [-0.25, -0.2) is 9.78 Å². The third-order valence-corrected chi connectivity index (χ3v) is 5.83. The molecule has 0 saturated heterocycles. The highest BCUT2D eigenvalue weighted by molar-refractivity contribution is 6.31. The molecule has 2 aromatic heterocycles. The Bertz CT molecular complexity index is 1790. The Labute approximate surface area is 218 Å². The lowest BCUT2D eigenvalue weighted by molar-refractivity contribution is -0.386. The lowest BCUT2D eigenvalue weighted by Gasteiger charge is -2.13. The smallest absolute Gasteiger partial charge is 0.344 e. The van der Waals surface area contributed by atoms with Gasteiger partial charge in [0.25, 0.3) is 5.56 Å². The summed E-state index contributed by atoms with van der Waals surface area (Å²) in [5.41, 5.74) is -0.122. The van der Waals surface area contributed by atoms with Crippen LogP contribution in [0.3, 0.4) is 0 Å². The molecule has 0 unspecified atom stereocenters. The van der Waals surface area contributed by atoms with E-state index in [4.69, 9.17) is 20.8 Å². The molecule has 0 fully saturated rings. The molecule has 190 valence electrons. The van der Waals surface area contributed by atoms with Crippen LogP contribution in [0.5, 0.6) is 5.75 Å². The van der Waals surface area contributed by atoms with Crippen LogP contribution in [0.2, 0.25) is 5.02 Å². The van der Waals surface area contributed by atoms with Crippen LogP contribution in [-0.4, -0.2) is 38.0 Å². The third-order valence-electron chi connectivity index (χ3n) is 5.61. The second-order valence-corrected chi connectivity index (χ2v) is 8.60. The van der Waals surface area contributed by atoms with E-state index in [-0.39, 0.29) is 33.3 Å². The van der Waals surface area contributed by atoms with Crippen LogP contribution in [-0.2, 0) is 4.79 Å². The number of ether oxygens (including phenoxy) is 1. The molecule has 0 spiro atoms. The molecule has 0 aliphatic carbocycles. The number of rotatable bonds is 7. The van der Waals surface area contributed by atoms with Crippen LogP contribution in [0.25, 0.3) is 33.5 Å². The SMILES string of the molecule is C[C@@H](Oc1c(C=Nn2c(-c3cc4ccccc4o3)nc3ccccc3c2=O)cc(Cl)cc1[N+](=O)[O-])C(=O)O. The van der Waals surface area contributed by atoms with Crippen molar-refractivity contribution in [2.45, 2.75) is 13.0 Å². The Hall–Kier alpha value is -5.03. The molecule has 11 nitrogen and oxygen atoms in total. The van der Waals surface area contributed by atoms with Gasteiger partial charge in [0.15, 0.2) is 11.9 Å². The van der Waals surface area contributed by atoms with Crippen molar-refractivity contribution in [3.05, 3.63) is 97.8 Å². The maximum absolute atomic E-state index is 13.5. The summed E-state index contributed by atoms with van der Waals surface area (Å²) in [4.78, 5) is 40.3. The summed E-state index contributed by atoms with van der Waals surface area (Å²) in [5.74, 6) is -1.36. The minimum Gasteiger partial charge on any atom is -0.479 e. The van der Waals surface area contributed by atoms with Gasteiger partial charge in [-0.1, -0.05) is 41.9 Å². The highest BCUT2D eigenvalue weighted by atomic mass is 35.5. The number of hydrogen-bond donors (Lipinski definition) is 1. The lowest BCUT2D eigenvalue weighted by atomic mass is 10.2. The number of furan rings is 1. The average molecular weight is 533 g/mol. The standard InChI is InChI=1S/C26H17ClN4O7/c1-14(26(33)34)37-23-16(10-17(27)12-20(23)31(35)36)13-28-30-24(22-11-15-6-2-5-9-21(15)38-22)29-19-8-4-3-7-18(19)25(30)32/h2-14H,1H3,(H,33,34)/t14-/m1/s1. The number of carbonyl (C=O) groups is 1. The van der Waals surface area contributed by atoms with Crippen LogP contribution in [0.4, 0.5) is 5.69 Å². The van der Waals surface area contributed by atoms with E-state index in [1.165, 1.54) is 13.0 Å². The predicted octanol–water partition coefficient (Wildman–Crippen LogP) is 5.11. The fraction of sp³-hybridized carbons (Fsp3) is 0.0769. The molecule has 2 heterocycles. The molecule has 5 rings (SSSR count). The summed E-state index contributed by atoms with van der Waals surface area (Å²) < 4.78 is 12.3. The summed E-state index contributed by atoms with van der Waals surface area (Å²) in [7, 11) is 0. The Morgan fingerprint density at radius 3 is 2.68 bits per heavy atom. The molecule has 38 heavy (non-hydrogen) atoms. The van der Waals surface area contributed by atoms with Crippen LogP contribution in [0, 0.1) is 10.1 Å². The first-order chi connectivity index (χ1) is 18.2. The largest absolute Gasteiger partial charge is 0.479 e. The minimum atomic E-state index is -1.42. The van der Waals surface area contributed by atoms with E-state index >= 15 is 0 Å². The van der Waals surface area contributed by atoms with Crippen molar-refractivity contribution in [1.29, 1.82) is 0 Å². The van der Waals surface area contributed by atoms with E-state index in [0.29, 0.717) is 11.1 Å². The number of carboxylic acid groups (broad SMARTS) is 1. The number of nitro groups is 1. The van der Waals surface area contributed by atoms with Gasteiger partial charge < -0.3 is 14.3 Å². The Balaban J connectivity index is 1.72. The number of fused-ring (bicyclic) bond motifs is 2. The summed E-state index contributed by atoms with van der Waals surface area (Å²) >= 11 is 6.09. The quantitative estimate of drug-likeness (QED) is 0.173. The molecule has 1 N–H and O–H groups in total. The fourth-order valence-corrected chi connectivity index (χ4v) is 4.01. The Morgan fingerprint density at radius 2 is 1.95 bits per heavy atom. The average Bonchev–Trinajstić information content (AvgIpc) is 3.33. The van der Waals surface area contributed by atoms with Gasteiger partial charge in [-0.15, -0.1) is 0 Å². The van der Waals surface area contributed by atoms with Gasteiger partial charge >= 0.3 is 11.7 Å². The molecular weight excluding hydrogens is 516 g/mol.